The van der Waals surface area contributed by atoms with E-state index in [4.69, 9.17) is 4.74 Å². The van der Waals surface area contributed by atoms with Crippen LogP contribution >= 0.6 is 0 Å². The topological polar surface area (TPSA) is 55.4 Å². The van der Waals surface area contributed by atoms with Gasteiger partial charge < -0.3 is 4.74 Å². The fourth-order valence-corrected chi connectivity index (χ4v) is 4.75. The lowest BCUT2D eigenvalue weighted by molar-refractivity contribution is -0.675. The van der Waals surface area contributed by atoms with Crippen LogP contribution in [-0.2, 0) is 27.8 Å². The Labute approximate surface area is 149 Å². The molecule has 1 aliphatic rings. The molecule has 0 amide bonds. The maximum Gasteiger partial charge on any atom is 0.426 e. The highest BCUT2D eigenvalue weighted by atomic mass is 32.2. The Morgan fingerprint density at radius 2 is 1.88 bits per heavy atom. The number of sulfonamides is 1. The Balaban J connectivity index is 2.14. The Hall–Kier alpha value is -1.65. The third-order valence-electron chi connectivity index (χ3n) is 4.57. The Bertz CT molecular complexity index is 916. The van der Waals surface area contributed by atoms with Gasteiger partial charge in [0.15, 0.2) is 17.6 Å². The Morgan fingerprint density at radius 1 is 1.23 bits per heavy atom. The van der Waals surface area contributed by atoms with Gasteiger partial charge in [0.1, 0.15) is 0 Å². The van der Waals surface area contributed by atoms with Gasteiger partial charge in [-0.25, -0.2) is 17.6 Å². The number of aryl methyl sites for hydroxylation is 1. The summed E-state index contributed by atoms with van der Waals surface area (Å²) >= 11 is 0. The van der Waals surface area contributed by atoms with Crippen LogP contribution in [0.5, 0.6) is 0 Å². The summed E-state index contributed by atoms with van der Waals surface area (Å²) in [7, 11) is -3.77. The number of aromatic nitrogens is 2. The average Bonchev–Trinajstić information content (AvgIpc) is 2.85. The van der Waals surface area contributed by atoms with E-state index in [0.717, 1.165) is 4.57 Å². The van der Waals surface area contributed by atoms with E-state index in [1.54, 1.807) is 17.6 Å². The van der Waals surface area contributed by atoms with Crippen LogP contribution < -0.4 is 4.57 Å². The molecule has 3 rings (SSSR count). The zero-order valence-electron chi connectivity index (χ0n) is 14.6. The van der Waals surface area contributed by atoms with Crippen LogP contribution in [0.1, 0.15) is 12.7 Å². The van der Waals surface area contributed by atoms with Crippen molar-refractivity contribution in [1.29, 1.82) is 0 Å². The van der Waals surface area contributed by atoms with Gasteiger partial charge in [-0.15, -0.1) is 0 Å². The SMILES string of the molecule is CC[n+]1c(C)n(CC(F)(F)F)c2cc(S(=O)(=O)N3CCOCC3)ccc21. The van der Waals surface area contributed by atoms with Gasteiger partial charge in [-0.3, -0.25) is 0 Å². The molecule has 2 aromatic rings. The molecule has 1 aliphatic heterocycles. The summed E-state index contributed by atoms with van der Waals surface area (Å²) in [6.07, 6.45) is -4.40. The fraction of sp³-hybridized carbons (Fsp3) is 0.562. The van der Waals surface area contributed by atoms with Crippen LogP contribution in [0.25, 0.3) is 11.0 Å². The molecule has 1 saturated heterocycles. The van der Waals surface area contributed by atoms with Crippen LogP contribution in [0.3, 0.4) is 0 Å². The number of halogens is 3. The molecule has 0 atom stereocenters. The van der Waals surface area contributed by atoms with Crippen molar-refractivity contribution < 1.29 is 30.9 Å². The van der Waals surface area contributed by atoms with Crippen molar-refractivity contribution >= 4 is 21.1 Å². The number of imidazole rings is 1. The molecule has 0 aliphatic carbocycles. The number of ether oxygens (including phenoxy) is 1. The summed E-state index contributed by atoms with van der Waals surface area (Å²) in [6.45, 7) is 3.85. The van der Waals surface area contributed by atoms with Gasteiger partial charge in [-0.05, 0) is 19.1 Å². The molecule has 10 heteroatoms. The van der Waals surface area contributed by atoms with Gasteiger partial charge >= 0.3 is 6.18 Å². The smallest absolute Gasteiger partial charge is 0.379 e. The highest BCUT2D eigenvalue weighted by Gasteiger charge is 2.36. The lowest BCUT2D eigenvalue weighted by Gasteiger charge is -2.25. The monoisotopic (exact) mass is 392 g/mol. The first-order valence-electron chi connectivity index (χ1n) is 8.32. The second-order valence-corrected chi connectivity index (χ2v) is 8.10. The number of fused-ring (bicyclic) bond motifs is 1. The molecule has 0 spiro atoms. The number of rotatable bonds is 4. The normalized spacial score (nSPS) is 17.1. The first-order valence-corrected chi connectivity index (χ1v) is 9.76. The van der Waals surface area contributed by atoms with Crippen molar-refractivity contribution in [2.45, 2.75) is 38.0 Å². The van der Waals surface area contributed by atoms with Gasteiger partial charge in [0.2, 0.25) is 10.0 Å². The molecule has 0 radical (unpaired) electrons. The summed E-state index contributed by atoms with van der Waals surface area (Å²) in [5, 5.41) is 0. The molecule has 0 N–H and O–H groups in total. The van der Waals surface area contributed by atoms with Crippen LogP contribution in [0.4, 0.5) is 13.2 Å². The molecule has 144 valence electrons. The summed E-state index contributed by atoms with van der Waals surface area (Å²) in [5.41, 5.74) is 0.839. The van der Waals surface area contributed by atoms with Gasteiger partial charge in [0.05, 0.1) is 24.7 Å². The maximum atomic E-state index is 13.0. The lowest BCUT2D eigenvalue weighted by Crippen LogP contribution is -2.40. The summed E-state index contributed by atoms with van der Waals surface area (Å²) in [4.78, 5) is -0.00363. The van der Waals surface area contributed by atoms with Crippen molar-refractivity contribution in [3.63, 3.8) is 0 Å². The van der Waals surface area contributed by atoms with E-state index in [9.17, 15) is 21.6 Å². The predicted molar refractivity (Wildman–Crippen MR) is 88.2 cm³/mol. The molecule has 6 nitrogen and oxygen atoms in total. The van der Waals surface area contributed by atoms with E-state index >= 15 is 0 Å². The summed E-state index contributed by atoms with van der Waals surface area (Å²) < 4.78 is 74.0. The molecule has 26 heavy (non-hydrogen) atoms. The van der Waals surface area contributed by atoms with Crippen molar-refractivity contribution in [1.82, 2.24) is 8.87 Å². The number of benzene rings is 1. The van der Waals surface area contributed by atoms with Crippen LogP contribution in [0.15, 0.2) is 23.1 Å². The molecule has 0 unspecified atom stereocenters. The predicted octanol–water partition coefficient (Wildman–Crippen LogP) is 1.84. The minimum atomic E-state index is -4.40. The van der Waals surface area contributed by atoms with E-state index in [0.29, 0.717) is 31.1 Å². The first-order chi connectivity index (χ1) is 12.1. The average molecular weight is 392 g/mol. The second-order valence-electron chi connectivity index (χ2n) is 6.16. The van der Waals surface area contributed by atoms with Crippen molar-refractivity contribution in [2.75, 3.05) is 26.3 Å². The summed E-state index contributed by atoms with van der Waals surface area (Å²) in [6, 6.07) is 4.37. The first kappa shape index (κ1) is 19.1. The van der Waals surface area contributed by atoms with E-state index in [2.05, 4.69) is 0 Å². The number of nitrogens with zero attached hydrogens (tertiary/aromatic N) is 3. The van der Waals surface area contributed by atoms with E-state index in [-0.39, 0.29) is 23.5 Å². The molecule has 1 aromatic carbocycles. The number of hydrogen-bond acceptors (Lipinski definition) is 3. The third kappa shape index (κ3) is 3.45. The maximum absolute atomic E-state index is 13.0. The minimum Gasteiger partial charge on any atom is -0.379 e. The molecule has 0 saturated carbocycles. The molecular weight excluding hydrogens is 371 g/mol. The van der Waals surface area contributed by atoms with Gasteiger partial charge in [-0.2, -0.15) is 17.5 Å². The number of morpholine rings is 1. The Morgan fingerprint density at radius 3 is 2.46 bits per heavy atom. The molecule has 1 fully saturated rings. The quantitative estimate of drug-likeness (QED) is 0.747. The fourth-order valence-electron chi connectivity index (χ4n) is 3.32. The highest BCUT2D eigenvalue weighted by molar-refractivity contribution is 7.89. The zero-order valence-corrected chi connectivity index (χ0v) is 15.4. The second kappa shape index (κ2) is 6.82. The minimum absolute atomic E-state index is 0.00363. The standard InChI is InChI=1S/C16H21F3N3O3S/c1-3-21-12(2)22(11-16(17,18)19)15-10-13(4-5-14(15)21)26(23,24)20-6-8-25-9-7-20/h4-5,10H,3,6-9,11H2,1-2H3/q+1. The molecular formula is C16H21F3N3O3S+. The van der Waals surface area contributed by atoms with E-state index in [1.807, 2.05) is 6.92 Å². The third-order valence-corrected chi connectivity index (χ3v) is 6.47. The summed E-state index contributed by atoms with van der Waals surface area (Å²) in [5.74, 6) is 0.431. The molecule has 2 heterocycles. The van der Waals surface area contributed by atoms with Gasteiger partial charge in [0, 0.05) is 26.1 Å². The van der Waals surface area contributed by atoms with Crippen LogP contribution in [0, 0.1) is 6.92 Å². The molecule has 0 bridgehead atoms. The van der Waals surface area contributed by atoms with Crippen LogP contribution in [0.2, 0.25) is 0 Å². The lowest BCUT2D eigenvalue weighted by atomic mass is 10.3. The Kier molecular flexibility index (Phi) is 5.02. The number of hydrogen-bond donors (Lipinski definition) is 0. The van der Waals surface area contributed by atoms with E-state index in [1.165, 1.54) is 16.4 Å². The van der Waals surface area contributed by atoms with E-state index < -0.39 is 22.7 Å². The van der Waals surface area contributed by atoms with Crippen molar-refractivity contribution in [3.05, 3.63) is 24.0 Å². The molecule has 1 aromatic heterocycles. The zero-order chi connectivity index (χ0) is 19.1. The largest absolute Gasteiger partial charge is 0.426 e. The van der Waals surface area contributed by atoms with Crippen LogP contribution in [-0.4, -0.2) is 49.8 Å². The van der Waals surface area contributed by atoms with Gasteiger partial charge in [-0.1, -0.05) is 0 Å². The van der Waals surface area contributed by atoms with Crippen molar-refractivity contribution in [3.8, 4) is 0 Å². The number of alkyl halides is 3. The van der Waals surface area contributed by atoms with Gasteiger partial charge in [0.25, 0.3) is 5.82 Å². The van der Waals surface area contributed by atoms with Crippen molar-refractivity contribution in [2.24, 2.45) is 0 Å². The highest BCUT2D eigenvalue weighted by Crippen LogP contribution is 2.26.